The number of rotatable bonds is 4. The molecule has 2 rings (SSSR count). The van der Waals surface area contributed by atoms with E-state index in [4.69, 9.17) is 21.4 Å². The zero-order valence-corrected chi connectivity index (χ0v) is 12.1. The average Bonchev–Trinajstić information content (AvgIpc) is 2.97. The third-order valence-corrected chi connectivity index (χ3v) is 2.68. The number of hydrogen-bond donors (Lipinski definition) is 2. The second-order valence-electron chi connectivity index (χ2n) is 4.00. The molecule has 118 valence electrons. The number of halogens is 3. The Labute approximate surface area is 128 Å². The van der Waals surface area contributed by atoms with Crippen LogP contribution >= 0.6 is 12.2 Å². The number of alkyl halides is 3. The second kappa shape index (κ2) is 6.60. The van der Waals surface area contributed by atoms with E-state index in [2.05, 4.69) is 20.6 Å². The van der Waals surface area contributed by atoms with Gasteiger partial charge in [-0.25, -0.2) is 4.98 Å². The van der Waals surface area contributed by atoms with Gasteiger partial charge in [0.05, 0.1) is 19.9 Å². The fraction of sp³-hybridized carbons (Fsp3) is 0.250. The number of furan rings is 1. The Hall–Kier alpha value is -2.36. The summed E-state index contributed by atoms with van der Waals surface area (Å²) in [5.41, 5.74) is -1.13. The lowest BCUT2D eigenvalue weighted by molar-refractivity contribution is -0.141. The highest BCUT2D eigenvalue weighted by molar-refractivity contribution is 7.80. The molecule has 2 aromatic heterocycles. The van der Waals surface area contributed by atoms with Crippen molar-refractivity contribution in [3.8, 4) is 5.88 Å². The molecule has 0 bridgehead atoms. The van der Waals surface area contributed by atoms with E-state index in [9.17, 15) is 13.2 Å². The molecule has 2 aromatic rings. The minimum Gasteiger partial charge on any atom is -0.481 e. The Bertz CT molecular complexity index is 646. The van der Waals surface area contributed by atoms with Crippen molar-refractivity contribution in [3.63, 3.8) is 0 Å². The summed E-state index contributed by atoms with van der Waals surface area (Å²) in [7, 11) is 1.21. The molecular formula is C12H11F3N4O2S. The Morgan fingerprint density at radius 1 is 1.41 bits per heavy atom. The third-order valence-electron chi connectivity index (χ3n) is 2.43. The van der Waals surface area contributed by atoms with Crippen molar-refractivity contribution in [2.45, 2.75) is 12.7 Å². The van der Waals surface area contributed by atoms with Gasteiger partial charge in [-0.3, -0.25) is 0 Å². The van der Waals surface area contributed by atoms with Crippen molar-refractivity contribution in [1.29, 1.82) is 0 Å². The van der Waals surface area contributed by atoms with E-state index in [1.54, 1.807) is 12.1 Å². The minimum atomic E-state index is -4.62. The quantitative estimate of drug-likeness (QED) is 0.834. The van der Waals surface area contributed by atoms with Crippen LogP contribution in [0.15, 0.2) is 28.9 Å². The molecule has 0 aliphatic heterocycles. The van der Waals surface area contributed by atoms with Crippen molar-refractivity contribution in [2.24, 2.45) is 0 Å². The molecule has 0 atom stereocenters. The number of nitrogens with zero attached hydrogens (tertiary/aromatic N) is 2. The summed E-state index contributed by atoms with van der Waals surface area (Å²) in [6.07, 6.45) is -3.12. The van der Waals surface area contributed by atoms with Gasteiger partial charge in [0.15, 0.2) is 10.8 Å². The Morgan fingerprint density at radius 2 is 2.18 bits per heavy atom. The van der Waals surface area contributed by atoms with Gasteiger partial charge in [0.25, 0.3) is 0 Å². The highest BCUT2D eigenvalue weighted by Crippen LogP contribution is 2.30. The Morgan fingerprint density at radius 3 is 2.77 bits per heavy atom. The molecule has 0 radical (unpaired) electrons. The maximum absolute atomic E-state index is 12.7. The van der Waals surface area contributed by atoms with Gasteiger partial charge >= 0.3 is 6.18 Å². The Kier molecular flexibility index (Phi) is 4.81. The highest BCUT2D eigenvalue weighted by atomic mass is 32.1. The summed E-state index contributed by atoms with van der Waals surface area (Å²) in [5.74, 6) is 0.0778. The van der Waals surface area contributed by atoms with Gasteiger partial charge in [-0.1, -0.05) is 0 Å². The lowest BCUT2D eigenvalue weighted by Crippen LogP contribution is -2.29. The van der Waals surface area contributed by atoms with Crippen molar-refractivity contribution >= 4 is 23.3 Å². The molecule has 0 saturated carbocycles. The number of thiocarbonyl (C=S) groups is 1. The maximum atomic E-state index is 12.7. The van der Waals surface area contributed by atoms with Crippen LogP contribution in [0.5, 0.6) is 5.88 Å². The van der Waals surface area contributed by atoms with Crippen molar-refractivity contribution in [1.82, 2.24) is 15.3 Å². The first-order chi connectivity index (χ1) is 10.4. The van der Waals surface area contributed by atoms with Crippen molar-refractivity contribution < 1.29 is 22.3 Å². The van der Waals surface area contributed by atoms with Crippen LogP contribution in [0.4, 0.5) is 19.1 Å². The van der Waals surface area contributed by atoms with E-state index < -0.39 is 11.9 Å². The van der Waals surface area contributed by atoms with Gasteiger partial charge in [-0.05, 0) is 24.4 Å². The van der Waals surface area contributed by atoms with Crippen LogP contribution in [0.1, 0.15) is 11.5 Å². The van der Waals surface area contributed by atoms with Crippen LogP contribution < -0.4 is 15.4 Å². The van der Waals surface area contributed by atoms with Crippen LogP contribution in [0, 0.1) is 0 Å². The fourth-order valence-corrected chi connectivity index (χ4v) is 1.62. The number of hydrogen-bond acceptors (Lipinski definition) is 5. The number of aromatic nitrogens is 2. The van der Waals surface area contributed by atoms with Gasteiger partial charge in [0.1, 0.15) is 5.76 Å². The fourth-order valence-electron chi connectivity index (χ4n) is 1.46. The zero-order chi connectivity index (χ0) is 16.2. The predicted molar refractivity (Wildman–Crippen MR) is 75.4 cm³/mol. The molecule has 0 unspecified atom stereocenters. The maximum Gasteiger partial charge on any atom is 0.433 e. The minimum absolute atomic E-state index is 0.0535. The summed E-state index contributed by atoms with van der Waals surface area (Å²) in [6.45, 7) is 0.273. The van der Waals surface area contributed by atoms with Crippen LogP contribution in [-0.4, -0.2) is 22.2 Å². The third kappa shape index (κ3) is 4.32. The summed E-state index contributed by atoms with van der Waals surface area (Å²) >= 11 is 4.96. The first kappa shape index (κ1) is 16.0. The average molecular weight is 332 g/mol. The number of ether oxygens (including phenoxy) is 1. The van der Waals surface area contributed by atoms with Gasteiger partial charge in [0, 0.05) is 6.07 Å². The standard InChI is InChI=1S/C12H11F3N4O2S/c1-20-9-5-8(12(13,14)15)17-10(18-9)19-11(22)16-6-7-3-2-4-21-7/h2-5H,6H2,1H3,(H2,16,17,18,19,22). The first-order valence-corrected chi connectivity index (χ1v) is 6.37. The molecule has 0 saturated heterocycles. The molecule has 0 spiro atoms. The van der Waals surface area contributed by atoms with Crippen LogP contribution in [-0.2, 0) is 12.7 Å². The summed E-state index contributed by atoms with van der Waals surface area (Å²) in [6, 6.07) is 4.12. The lowest BCUT2D eigenvalue weighted by atomic mass is 10.4. The van der Waals surface area contributed by atoms with E-state index in [-0.39, 0.29) is 23.5 Å². The Balaban J connectivity index is 2.06. The molecule has 0 aromatic carbocycles. The van der Waals surface area contributed by atoms with Crippen LogP contribution in [0.2, 0.25) is 0 Å². The second-order valence-corrected chi connectivity index (χ2v) is 4.41. The van der Waals surface area contributed by atoms with Gasteiger partial charge in [-0.15, -0.1) is 0 Å². The number of anilines is 1. The molecule has 22 heavy (non-hydrogen) atoms. The van der Waals surface area contributed by atoms with Crippen molar-refractivity contribution in [2.75, 3.05) is 12.4 Å². The lowest BCUT2D eigenvalue weighted by Gasteiger charge is -2.12. The van der Waals surface area contributed by atoms with Gasteiger partial charge in [0.2, 0.25) is 11.8 Å². The largest absolute Gasteiger partial charge is 0.481 e. The smallest absolute Gasteiger partial charge is 0.433 e. The SMILES string of the molecule is COc1cc(C(F)(F)F)nc(NC(=S)NCc2ccco2)n1. The molecule has 0 aliphatic rings. The predicted octanol–water partition coefficient (Wildman–Crippen LogP) is 2.58. The van der Waals surface area contributed by atoms with Gasteiger partial charge in [-0.2, -0.15) is 18.2 Å². The van der Waals surface area contributed by atoms with E-state index in [1.165, 1.54) is 13.4 Å². The summed E-state index contributed by atoms with van der Waals surface area (Å²) in [5, 5.41) is 5.28. The topological polar surface area (TPSA) is 72.2 Å². The zero-order valence-electron chi connectivity index (χ0n) is 11.3. The summed E-state index contributed by atoms with van der Waals surface area (Å²) in [4.78, 5) is 7.11. The molecular weight excluding hydrogens is 321 g/mol. The van der Waals surface area contributed by atoms with E-state index in [0.29, 0.717) is 11.8 Å². The van der Waals surface area contributed by atoms with Crippen LogP contribution in [0.3, 0.4) is 0 Å². The normalized spacial score (nSPS) is 11.1. The van der Waals surface area contributed by atoms with E-state index in [1.807, 2.05) is 0 Å². The van der Waals surface area contributed by atoms with Crippen molar-refractivity contribution in [3.05, 3.63) is 35.9 Å². The molecule has 2 N–H and O–H groups in total. The van der Waals surface area contributed by atoms with Gasteiger partial charge < -0.3 is 19.8 Å². The number of methoxy groups -OCH3 is 1. The highest BCUT2D eigenvalue weighted by Gasteiger charge is 2.34. The monoisotopic (exact) mass is 332 g/mol. The first-order valence-electron chi connectivity index (χ1n) is 5.96. The molecule has 10 heteroatoms. The molecule has 6 nitrogen and oxygen atoms in total. The molecule has 0 amide bonds. The number of nitrogens with one attached hydrogen (secondary N) is 2. The summed E-state index contributed by atoms with van der Waals surface area (Å²) < 4.78 is 48.0. The molecule has 0 aliphatic carbocycles. The van der Waals surface area contributed by atoms with E-state index in [0.717, 1.165) is 0 Å². The molecule has 2 heterocycles. The van der Waals surface area contributed by atoms with E-state index >= 15 is 0 Å². The van der Waals surface area contributed by atoms with Crippen LogP contribution in [0.25, 0.3) is 0 Å². The molecule has 0 fully saturated rings.